The van der Waals surface area contributed by atoms with Crippen LogP contribution in [-0.2, 0) is 16.1 Å². The molecule has 1 saturated heterocycles. The lowest BCUT2D eigenvalue weighted by Crippen LogP contribution is -2.24. The van der Waals surface area contributed by atoms with Crippen LogP contribution in [0.1, 0.15) is 36.8 Å². The molecule has 1 amide bonds. The van der Waals surface area contributed by atoms with E-state index in [1.54, 1.807) is 0 Å². The molecule has 0 saturated carbocycles. The first-order valence-corrected chi connectivity index (χ1v) is 7.33. The summed E-state index contributed by atoms with van der Waals surface area (Å²) in [6.45, 7) is 1.33. The third kappa shape index (κ3) is 4.58. The summed E-state index contributed by atoms with van der Waals surface area (Å²) in [5.41, 5.74) is 7.41. The second-order valence-corrected chi connectivity index (χ2v) is 5.45. The fourth-order valence-corrected chi connectivity index (χ4v) is 2.41. The second-order valence-electron chi connectivity index (χ2n) is 5.02. The molecule has 20 heavy (non-hydrogen) atoms. The van der Waals surface area contributed by atoms with Crippen molar-refractivity contribution in [2.75, 3.05) is 6.61 Å². The van der Waals surface area contributed by atoms with Gasteiger partial charge in [-0.1, -0.05) is 30.4 Å². The number of thiocarbonyl (C=S) groups is 1. The molecular formula is C15H20N2O2S. The van der Waals surface area contributed by atoms with E-state index in [1.807, 2.05) is 24.3 Å². The summed E-state index contributed by atoms with van der Waals surface area (Å²) >= 11 is 4.94. The Morgan fingerprint density at radius 3 is 3.05 bits per heavy atom. The molecule has 1 unspecified atom stereocenters. The molecule has 0 radical (unpaired) electrons. The molecule has 1 aromatic carbocycles. The molecule has 0 aromatic heterocycles. The average Bonchev–Trinajstić information content (AvgIpc) is 2.96. The molecule has 2 rings (SSSR count). The highest BCUT2D eigenvalue weighted by Crippen LogP contribution is 2.16. The van der Waals surface area contributed by atoms with Crippen molar-refractivity contribution in [1.82, 2.24) is 5.32 Å². The lowest BCUT2D eigenvalue weighted by atomic mass is 10.1. The maximum Gasteiger partial charge on any atom is 0.220 e. The molecule has 1 aromatic rings. The van der Waals surface area contributed by atoms with Gasteiger partial charge in [0.1, 0.15) is 4.99 Å². The molecule has 1 heterocycles. The Balaban J connectivity index is 1.75. The Morgan fingerprint density at radius 2 is 2.35 bits per heavy atom. The van der Waals surface area contributed by atoms with Crippen LogP contribution in [0.25, 0.3) is 0 Å². The third-order valence-electron chi connectivity index (χ3n) is 3.42. The van der Waals surface area contributed by atoms with Crippen LogP contribution in [0.5, 0.6) is 0 Å². The fraction of sp³-hybridized carbons (Fsp3) is 0.467. The number of amides is 1. The minimum absolute atomic E-state index is 0.0567. The van der Waals surface area contributed by atoms with Gasteiger partial charge in [0, 0.05) is 25.1 Å². The highest BCUT2D eigenvalue weighted by atomic mass is 32.1. The minimum Gasteiger partial charge on any atom is -0.389 e. The zero-order valence-corrected chi connectivity index (χ0v) is 12.2. The van der Waals surface area contributed by atoms with Crippen molar-refractivity contribution in [3.05, 3.63) is 35.4 Å². The van der Waals surface area contributed by atoms with E-state index in [1.165, 1.54) is 0 Å². The van der Waals surface area contributed by atoms with Crippen LogP contribution in [0.2, 0.25) is 0 Å². The standard InChI is InChI=1S/C15H20N2O2S/c16-15(20)12-4-1-3-11(9-12)10-17-14(18)7-6-13-5-2-8-19-13/h1,3-4,9,13H,2,5-8,10H2,(H2,16,20)(H,17,18). The first kappa shape index (κ1) is 14.9. The van der Waals surface area contributed by atoms with Gasteiger partial charge in [0.2, 0.25) is 5.91 Å². The van der Waals surface area contributed by atoms with Gasteiger partial charge in [-0.2, -0.15) is 0 Å². The van der Waals surface area contributed by atoms with Crippen LogP contribution in [0.4, 0.5) is 0 Å². The summed E-state index contributed by atoms with van der Waals surface area (Å²) in [6.07, 6.45) is 3.76. The van der Waals surface area contributed by atoms with Crippen molar-refractivity contribution >= 4 is 23.1 Å². The molecule has 1 aliphatic rings. The van der Waals surface area contributed by atoms with E-state index in [0.29, 0.717) is 18.0 Å². The normalized spacial score (nSPS) is 17.9. The van der Waals surface area contributed by atoms with Gasteiger partial charge in [-0.25, -0.2) is 0 Å². The van der Waals surface area contributed by atoms with Crippen LogP contribution in [-0.4, -0.2) is 23.6 Å². The van der Waals surface area contributed by atoms with Crippen LogP contribution in [0.3, 0.4) is 0 Å². The number of carbonyl (C=O) groups excluding carboxylic acids is 1. The number of benzene rings is 1. The summed E-state index contributed by atoms with van der Waals surface area (Å²) in [5, 5.41) is 2.91. The van der Waals surface area contributed by atoms with Gasteiger partial charge in [-0.05, 0) is 30.9 Å². The lowest BCUT2D eigenvalue weighted by Gasteiger charge is -2.10. The van der Waals surface area contributed by atoms with Crippen molar-refractivity contribution in [1.29, 1.82) is 0 Å². The second kappa shape index (κ2) is 7.36. The number of rotatable bonds is 6. The maximum atomic E-state index is 11.8. The van der Waals surface area contributed by atoms with E-state index in [0.717, 1.165) is 37.0 Å². The molecule has 0 spiro atoms. The number of hydrogen-bond donors (Lipinski definition) is 2. The summed E-state index contributed by atoms with van der Waals surface area (Å²) in [6, 6.07) is 7.61. The summed E-state index contributed by atoms with van der Waals surface area (Å²) in [4.78, 5) is 12.1. The molecule has 4 nitrogen and oxygen atoms in total. The molecule has 108 valence electrons. The monoisotopic (exact) mass is 292 g/mol. The Bertz CT molecular complexity index is 485. The van der Waals surface area contributed by atoms with Gasteiger partial charge in [0.15, 0.2) is 0 Å². The summed E-state index contributed by atoms with van der Waals surface area (Å²) in [5.74, 6) is 0.0567. The zero-order chi connectivity index (χ0) is 14.4. The van der Waals surface area contributed by atoms with Crippen molar-refractivity contribution in [3.8, 4) is 0 Å². The highest BCUT2D eigenvalue weighted by molar-refractivity contribution is 7.80. The zero-order valence-electron chi connectivity index (χ0n) is 11.4. The van der Waals surface area contributed by atoms with Gasteiger partial charge in [0.05, 0.1) is 6.10 Å². The number of nitrogens with two attached hydrogens (primary N) is 1. The Labute approximate surface area is 124 Å². The predicted octanol–water partition coefficient (Wildman–Crippen LogP) is 1.90. The Hall–Kier alpha value is -1.46. The molecule has 5 heteroatoms. The molecule has 3 N–H and O–H groups in total. The van der Waals surface area contributed by atoms with Gasteiger partial charge in [-0.15, -0.1) is 0 Å². The number of ether oxygens (including phenoxy) is 1. The van der Waals surface area contributed by atoms with E-state index in [4.69, 9.17) is 22.7 Å². The lowest BCUT2D eigenvalue weighted by molar-refractivity contribution is -0.121. The van der Waals surface area contributed by atoms with E-state index in [-0.39, 0.29) is 12.0 Å². The molecular weight excluding hydrogens is 272 g/mol. The first-order valence-electron chi connectivity index (χ1n) is 6.92. The summed E-state index contributed by atoms with van der Waals surface area (Å²) in [7, 11) is 0. The smallest absolute Gasteiger partial charge is 0.220 e. The maximum absolute atomic E-state index is 11.8. The van der Waals surface area contributed by atoms with Gasteiger partial charge in [0.25, 0.3) is 0 Å². The van der Waals surface area contributed by atoms with E-state index < -0.39 is 0 Å². The number of nitrogens with one attached hydrogen (secondary N) is 1. The predicted molar refractivity (Wildman–Crippen MR) is 82.4 cm³/mol. The summed E-state index contributed by atoms with van der Waals surface area (Å²) < 4.78 is 5.50. The number of carbonyl (C=O) groups is 1. The van der Waals surface area contributed by atoms with Crippen molar-refractivity contribution in [2.24, 2.45) is 5.73 Å². The van der Waals surface area contributed by atoms with Crippen LogP contribution < -0.4 is 11.1 Å². The largest absolute Gasteiger partial charge is 0.389 e. The Kier molecular flexibility index (Phi) is 5.49. The third-order valence-corrected chi connectivity index (χ3v) is 3.65. The highest BCUT2D eigenvalue weighted by Gasteiger charge is 2.16. The number of hydrogen-bond acceptors (Lipinski definition) is 3. The van der Waals surface area contributed by atoms with Gasteiger partial charge >= 0.3 is 0 Å². The molecule has 1 aliphatic heterocycles. The first-order chi connectivity index (χ1) is 9.65. The fourth-order valence-electron chi connectivity index (χ4n) is 2.29. The minimum atomic E-state index is 0.0567. The van der Waals surface area contributed by atoms with Crippen LogP contribution in [0, 0.1) is 0 Å². The molecule has 0 bridgehead atoms. The topological polar surface area (TPSA) is 64.3 Å². The molecule has 0 aliphatic carbocycles. The van der Waals surface area contributed by atoms with E-state index >= 15 is 0 Å². The molecule has 1 fully saturated rings. The van der Waals surface area contributed by atoms with Gasteiger partial charge < -0.3 is 15.8 Å². The Morgan fingerprint density at radius 1 is 1.50 bits per heavy atom. The average molecular weight is 292 g/mol. The quantitative estimate of drug-likeness (QED) is 0.786. The van der Waals surface area contributed by atoms with Gasteiger partial charge in [-0.3, -0.25) is 4.79 Å². The SMILES string of the molecule is NC(=S)c1cccc(CNC(=O)CCC2CCCO2)c1. The van der Waals surface area contributed by atoms with Crippen LogP contribution in [0.15, 0.2) is 24.3 Å². The van der Waals surface area contributed by atoms with Crippen molar-refractivity contribution < 1.29 is 9.53 Å². The van der Waals surface area contributed by atoms with Crippen LogP contribution >= 0.6 is 12.2 Å². The van der Waals surface area contributed by atoms with E-state index in [2.05, 4.69) is 5.32 Å². The van der Waals surface area contributed by atoms with Crippen molar-refractivity contribution in [2.45, 2.75) is 38.3 Å². The molecule has 1 atom stereocenters. The van der Waals surface area contributed by atoms with Crippen molar-refractivity contribution in [3.63, 3.8) is 0 Å². The van der Waals surface area contributed by atoms with E-state index in [9.17, 15) is 4.79 Å².